The van der Waals surface area contributed by atoms with Crippen LogP contribution in [0.15, 0.2) is 22.9 Å². The number of fused-ring (bicyclic) bond motifs is 1. The Balaban J connectivity index is 1.86. The van der Waals surface area contributed by atoms with Gasteiger partial charge in [0.05, 0.1) is 0 Å². The quantitative estimate of drug-likeness (QED) is 0.849. The highest BCUT2D eigenvalue weighted by molar-refractivity contribution is 9.10. The molecule has 4 nitrogen and oxygen atoms in total. The maximum absolute atomic E-state index is 13.1. The van der Waals surface area contributed by atoms with Crippen LogP contribution in [0.2, 0.25) is 0 Å². The predicted octanol–water partition coefficient (Wildman–Crippen LogP) is 3.23. The molecule has 0 fully saturated rings. The van der Waals surface area contributed by atoms with Crippen LogP contribution in [0.5, 0.6) is 5.75 Å². The molecule has 0 saturated carbocycles. The van der Waals surface area contributed by atoms with E-state index in [-0.39, 0.29) is 11.9 Å². The fraction of sp³-hybridized carbons (Fsp3) is 0.333. The zero-order chi connectivity index (χ0) is 13.4. The van der Waals surface area contributed by atoms with E-state index in [0.717, 1.165) is 31.5 Å². The smallest absolute Gasteiger partial charge is 0.217 e. The summed E-state index contributed by atoms with van der Waals surface area (Å²) >= 11 is 3.22. The fourth-order valence-electron chi connectivity index (χ4n) is 2.11. The molecule has 1 aliphatic heterocycles. The van der Waals surface area contributed by atoms with Crippen LogP contribution in [0.1, 0.15) is 24.8 Å². The molecule has 100 valence electrons. The third kappa shape index (κ3) is 2.47. The molecule has 2 heterocycles. The van der Waals surface area contributed by atoms with E-state index < -0.39 is 11.6 Å². The van der Waals surface area contributed by atoms with Crippen molar-refractivity contribution in [2.24, 2.45) is 0 Å². The standard InChI is InChI=1S/C12H10BrF2N3O/c13-12-16-11-10(2-1-5-18(11)17-12)19-7-3-4-8(14)9(15)6-7/h3-4,6,10H,1-2,5H2. The zero-order valence-corrected chi connectivity index (χ0v) is 11.4. The molecule has 1 aromatic carbocycles. The summed E-state index contributed by atoms with van der Waals surface area (Å²) in [5.74, 6) is -0.822. The Bertz CT molecular complexity index is 617. The Morgan fingerprint density at radius 3 is 2.95 bits per heavy atom. The van der Waals surface area contributed by atoms with Crippen LogP contribution >= 0.6 is 15.9 Å². The highest BCUT2D eigenvalue weighted by Crippen LogP contribution is 2.30. The van der Waals surface area contributed by atoms with Crippen molar-refractivity contribution in [1.82, 2.24) is 14.8 Å². The minimum Gasteiger partial charge on any atom is -0.482 e. The van der Waals surface area contributed by atoms with Crippen molar-refractivity contribution in [3.8, 4) is 5.75 Å². The first kappa shape index (κ1) is 12.5. The van der Waals surface area contributed by atoms with Crippen molar-refractivity contribution in [3.05, 3.63) is 40.4 Å². The third-order valence-electron chi connectivity index (χ3n) is 2.97. The molecule has 1 aromatic heterocycles. The molecule has 1 unspecified atom stereocenters. The van der Waals surface area contributed by atoms with Crippen molar-refractivity contribution < 1.29 is 13.5 Å². The average molecular weight is 330 g/mol. The molecule has 0 N–H and O–H groups in total. The second-order valence-corrected chi connectivity index (χ2v) is 5.00. The number of hydrogen-bond acceptors (Lipinski definition) is 3. The van der Waals surface area contributed by atoms with Gasteiger partial charge in [-0.05, 0) is 40.9 Å². The Morgan fingerprint density at radius 1 is 1.32 bits per heavy atom. The van der Waals surface area contributed by atoms with Gasteiger partial charge in [-0.15, -0.1) is 5.10 Å². The van der Waals surface area contributed by atoms with Crippen molar-refractivity contribution in [3.63, 3.8) is 0 Å². The lowest BCUT2D eigenvalue weighted by atomic mass is 10.1. The normalized spacial score (nSPS) is 18.2. The first-order valence-corrected chi connectivity index (χ1v) is 6.65. The van der Waals surface area contributed by atoms with Gasteiger partial charge in [-0.3, -0.25) is 0 Å². The van der Waals surface area contributed by atoms with Gasteiger partial charge in [-0.2, -0.15) is 0 Å². The number of ether oxygens (including phenoxy) is 1. The molecule has 0 spiro atoms. The van der Waals surface area contributed by atoms with Crippen LogP contribution in [-0.2, 0) is 6.54 Å². The van der Waals surface area contributed by atoms with Crippen LogP contribution < -0.4 is 4.74 Å². The number of aromatic nitrogens is 3. The summed E-state index contributed by atoms with van der Waals surface area (Å²) in [6.07, 6.45) is 1.37. The van der Waals surface area contributed by atoms with Crippen LogP contribution in [0.4, 0.5) is 8.78 Å². The molecule has 3 rings (SSSR count). The SMILES string of the molecule is Fc1ccc(OC2CCCn3nc(Br)nc32)cc1F. The first-order chi connectivity index (χ1) is 9.13. The Kier molecular flexibility index (Phi) is 3.22. The molecule has 0 radical (unpaired) electrons. The topological polar surface area (TPSA) is 39.9 Å². The second kappa shape index (κ2) is 4.88. The van der Waals surface area contributed by atoms with Crippen LogP contribution in [0.3, 0.4) is 0 Å². The Labute approximate surface area is 116 Å². The van der Waals surface area contributed by atoms with Gasteiger partial charge in [0.1, 0.15) is 5.75 Å². The Hall–Kier alpha value is -1.50. The lowest BCUT2D eigenvalue weighted by molar-refractivity contribution is 0.154. The zero-order valence-electron chi connectivity index (χ0n) is 9.81. The van der Waals surface area contributed by atoms with E-state index >= 15 is 0 Å². The van der Waals surface area contributed by atoms with Gasteiger partial charge in [0.2, 0.25) is 4.73 Å². The van der Waals surface area contributed by atoms with Gasteiger partial charge < -0.3 is 4.74 Å². The van der Waals surface area contributed by atoms with Crippen molar-refractivity contribution >= 4 is 15.9 Å². The van der Waals surface area contributed by atoms with Crippen molar-refractivity contribution in [2.75, 3.05) is 0 Å². The Morgan fingerprint density at radius 2 is 2.16 bits per heavy atom. The van der Waals surface area contributed by atoms with E-state index in [9.17, 15) is 8.78 Å². The van der Waals surface area contributed by atoms with Gasteiger partial charge >= 0.3 is 0 Å². The lowest BCUT2D eigenvalue weighted by Crippen LogP contribution is -2.21. The van der Waals surface area contributed by atoms with E-state index in [1.165, 1.54) is 6.07 Å². The van der Waals surface area contributed by atoms with E-state index in [0.29, 0.717) is 10.6 Å². The van der Waals surface area contributed by atoms with Gasteiger partial charge in [0.25, 0.3) is 0 Å². The maximum Gasteiger partial charge on any atom is 0.217 e. The van der Waals surface area contributed by atoms with Crippen molar-refractivity contribution in [1.29, 1.82) is 0 Å². The number of halogens is 3. The second-order valence-electron chi connectivity index (χ2n) is 4.29. The van der Waals surface area contributed by atoms with E-state index in [2.05, 4.69) is 26.0 Å². The van der Waals surface area contributed by atoms with E-state index in [1.807, 2.05) is 0 Å². The summed E-state index contributed by atoms with van der Waals surface area (Å²) in [6.45, 7) is 0.783. The predicted molar refractivity (Wildman–Crippen MR) is 66.7 cm³/mol. The fourth-order valence-corrected chi connectivity index (χ4v) is 2.48. The molecule has 0 aliphatic carbocycles. The van der Waals surface area contributed by atoms with Crippen LogP contribution in [0.25, 0.3) is 0 Å². The summed E-state index contributed by atoms with van der Waals surface area (Å²) in [7, 11) is 0. The highest BCUT2D eigenvalue weighted by Gasteiger charge is 2.25. The number of benzene rings is 1. The molecule has 0 saturated heterocycles. The summed E-state index contributed by atoms with van der Waals surface area (Å²) in [5, 5.41) is 4.18. The highest BCUT2D eigenvalue weighted by atomic mass is 79.9. The van der Waals surface area contributed by atoms with Crippen LogP contribution in [0, 0.1) is 11.6 Å². The molecule has 0 bridgehead atoms. The number of hydrogen-bond donors (Lipinski definition) is 0. The summed E-state index contributed by atoms with van der Waals surface area (Å²) in [6, 6.07) is 3.50. The third-order valence-corrected chi connectivity index (χ3v) is 3.30. The molecular weight excluding hydrogens is 320 g/mol. The van der Waals surface area contributed by atoms with Crippen LogP contribution in [-0.4, -0.2) is 14.8 Å². The van der Waals surface area contributed by atoms with Gasteiger partial charge in [0.15, 0.2) is 23.6 Å². The monoisotopic (exact) mass is 329 g/mol. The molecule has 1 atom stereocenters. The minimum atomic E-state index is -0.920. The first-order valence-electron chi connectivity index (χ1n) is 5.85. The molecule has 2 aromatic rings. The minimum absolute atomic E-state index is 0.288. The largest absolute Gasteiger partial charge is 0.482 e. The van der Waals surface area contributed by atoms with Crippen molar-refractivity contribution in [2.45, 2.75) is 25.5 Å². The molecule has 1 aliphatic rings. The number of nitrogens with zero attached hydrogens (tertiary/aromatic N) is 3. The summed E-state index contributed by atoms with van der Waals surface area (Å²) in [5.41, 5.74) is 0. The average Bonchev–Trinajstić information content (AvgIpc) is 2.75. The number of rotatable bonds is 2. The van der Waals surface area contributed by atoms with Gasteiger partial charge in [-0.25, -0.2) is 18.4 Å². The molecule has 0 amide bonds. The summed E-state index contributed by atoms with van der Waals surface area (Å²) < 4.78 is 33.9. The van der Waals surface area contributed by atoms with Gasteiger partial charge in [0, 0.05) is 12.6 Å². The molecule has 7 heteroatoms. The number of aryl methyl sites for hydroxylation is 1. The maximum atomic E-state index is 13.1. The summed E-state index contributed by atoms with van der Waals surface area (Å²) in [4.78, 5) is 4.24. The van der Waals surface area contributed by atoms with Gasteiger partial charge in [-0.1, -0.05) is 0 Å². The lowest BCUT2D eigenvalue weighted by Gasteiger charge is -2.23. The van der Waals surface area contributed by atoms with E-state index in [4.69, 9.17) is 4.74 Å². The molecular formula is C12H10BrF2N3O. The molecule has 19 heavy (non-hydrogen) atoms. The van der Waals surface area contributed by atoms with E-state index in [1.54, 1.807) is 4.68 Å².